The van der Waals surface area contributed by atoms with E-state index in [1.165, 1.54) is 0 Å². The van der Waals surface area contributed by atoms with Crippen molar-refractivity contribution < 1.29 is 24.2 Å². The average Bonchev–Trinajstić information content (AvgIpc) is 2.59. The average molecular weight is 361 g/mol. The summed E-state index contributed by atoms with van der Waals surface area (Å²) in [5.74, 6) is -2.61. The zero-order chi connectivity index (χ0) is 19.7. The highest BCUT2D eigenvalue weighted by molar-refractivity contribution is 5.89. The van der Waals surface area contributed by atoms with Gasteiger partial charge in [0.25, 0.3) is 0 Å². The zero-order valence-corrected chi connectivity index (χ0v) is 15.1. The maximum Gasteiger partial charge on any atom is 0.328 e. The number of benzene rings is 2. The van der Waals surface area contributed by atoms with Crippen molar-refractivity contribution in [1.82, 2.24) is 4.90 Å². The second-order valence-corrected chi connectivity index (χ2v) is 6.08. The molecule has 0 aliphatic rings. The van der Waals surface area contributed by atoms with Crippen LogP contribution in [-0.2, 0) is 16.0 Å². The lowest BCUT2D eigenvalue weighted by atomic mass is 10.0. The van der Waals surface area contributed by atoms with E-state index in [0.717, 1.165) is 29.3 Å². The van der Waals surface area contributed by atoms with Gasteiger partial charge < -0.3 is 15.1 Å². The number of rotatable bonds is 6. The summed E-state index contributed by atoms with van der Waals surface area (Å²) in [6.07, 6.45) is 1.87. The van der Waals surface area contributed by atoms with E-state index in [4.69, 9.17) is 10.2 Å². The Labute approximate surface area is 152 Å². The first-order valence-corrected chi connectivity index (χ1v) is 8.22. The highest BCUT2D eigenvalue weighted by Crippen LogP contribution is 2.22. The molecule has 140 valence electrons. The van der Waals surface area contributed by atoms with Crippen molar-refractivity contribution in [2.45, 2.75) is 26.3 Å². The van der Waals surface area contributed by atoms with Crippen LogP contribution in [0.2, 0.25) is 0 Å². The molecule has 0 radical (unpaired) electrons. The summed E-state index contributed by atoms with van der Waals surface area (Å²) < 4.78 is 14.0. The minimum atomic E-state index is -1.26. The van der Waals surface area contributed by atoms with Gasteiger partial charge in [-0.3, -0.25) is 0 Å². The molecule has 6 heteroatoms. The van der Waals surface area contributed by atoms with E-state index in [1.807, 2.05) is 30.3 Å². The summed E-state index contributed by atoms with van der Waals surface area (Å²) in [6, 6.07) is 11.9. The Morgan fingerprint density at radius 1 is 1.08 bits per heavy atom. The highest BCUT2D eigenvalue weighted by Gasteiger charge is 2.09. The zero-order valence-electron chi connectivity index (χ0n) is 15.1. The number of fused-ring (bicyclic) bond motifs is 1. The molecule has 0 heterocycles. The molecule has 0 spiro atoms. The van der Waals surface area contributed by atoms with Crippen LogP contribution in [0, 0.1) is 5.82 Å². The number of nitrogens with zero attached hydrogens (tertiary/aromatic N) is 1. The van der Waals surface area contributed by atoms with E-state index in [0.29, 0.717) is 18.2 Å². The predicted molar refractivity (Wildman–Crippen MR) is 99.8 cm³/mol. The Morgan fingerprint density at radius 2 is 1.65 bits per heavy atom. The number of carbonyl (C=O) groups is 2. The number of hydrogen-bond acceptors (Lipinski definition) is 3. The Kier molecular flexibility index (Phi) is 8.45. The minimum absolute atomic E-state index is 0.0918. The lowest BCUT2D eigenvalue weighted by molar-refractivity contribution is -0.134. The topological polar surface area (TPSA) is 77.8 Å². The van der Waals surface area contributed by atoms with Crippen molar-refractivity contribution in [3.05, 3.63) is 59.9 Å². The van der Waals surface area contributed by atoms with Gasteiger partial charge in [0, 0.05) is 24.7 Å². The van der Waals surface area contributed by atoms with E-state index in [-0.39, 0.29) is 5.82 Å². The fraction of sp³-hybridized carbons (Fsp3) is 0.300. The van der Waals surface area contributed by atoms with E-state index in [9.17, 15) is 14.0 Å². The fourth-order valence-electron chi connectivity index (χ4n) is 2.25. The van der Waals surface area contributed by atoms with Crippen molar-refractivity contribution in [1.29, 1.82) is 0 Å². The van der Waals surface area contributed by atoms with Crippen molar-refractivity contribution in [3.63, 3.8) is 0 Å². The van der Waals surface area contributed by atoms with E-state index < -0.39 is 11.9 Å². The largest absolute Gasteiger partial charge is 0.478 e. The molecule has 0 bridgehead atoms. The van der Waals surface area contributed by atoms with Crippen LogP contribution in [0.5, 0.6) is 0 Å². The quantitative estimate of drug-likeness (QED) is 0.769. The van der Waals surface area contributed by atoms with Crippen molar-refractivity contribution in [2.75, 3.05) is 13.6 Å². The van der Waals surface area contributed by atoms with Gasteiger partial charge in [0.05, 0.1) is 0 Å². The van der Waals surface area contributed by atoms with Crippen LogP contribution < -0.4 is 0 Å². The first-order valence-electron chi connectivity index (χ1n) is 8.22. The summed E-state index contributed by atoms with van der Waals surface area (Å²) >= 11 is 0. The van der Waals surface area contributed by atoms with Gasteiger partial charge in [0.1, 0.15) is 5.82 Å². The second-order valence-electron chi connectivity index (χ2n) is 6.08. The Hall–Kier alpha value is -2.73. The lowest BCUT2D eigenvalue weighted by Crippen LogP contribution is -2.28. The first kappa shape index (κ1) is 21.3. The summed E-state index contributed by atoms with van der Waals surface area (Å²) in [7, 11) is 2.08. The molecule has 0 aromatic heterocycles. The van der Waals surface area contributed by atoms with Gasteiger partial charge in [-0.25, -0.2) is 14.0 Å². The SMILES string of the molecule is CC(C)N(C)CCc1c(F)ccc2ccccc12.O=C(O)/C=C/C(=O)O. The molecule has 0 fully saturated rings. The second kappa shape index (κ2) is 10.3. The number of carboxylic acids is 2. The molecule has 2 aromatic carbocycles. The van der Waals surface area contributed by atoms with Crippen LogP contribution in [0.3, 0.4) is 0 Å². The predicted octanol–water partition coefficient (Wildman–Crippen LogP) is 3.57. The third kappa shape index (κ3) is 7.03. The van der Waals surface area contributed by atoms with Crippen LogP contribution in [0.1, 0.15) is 19.4 Å². The minimum Gasteiger partial charge on any atom is -0.478 e. The van der Waals surface area contributed by atoms with Crippen LogP contribution >= 0.6 is 0 Å². The molecule has 5 nitrogen and oxygen atoms in total. The molecule has 0 unspecified atom stereocenters. The van der Waals surface area contributed by atoms with Gasteiger partial charge in [0.2, 0.25) is 0 Å². The molecule has 2 aromatic rings. The van der Waals surface area contributed by atoms with Gasteiger partial charge >= 0.3 is 11.9 Å². The van der Waals surface area contributed by atoms with Crippen LogP contribution in [0.15, 0.2) is 48.6 Å². The molecular formula is C20H24FNO4. The number of carboxylic acid groups (broad SMARTS) is 2. The summed E-state index contributed by atoms with van der Waals surface area (Å²) in [5, 5.41) is 17.8. The molecule has 0 aliphatic carbocycles. The maximum absolute atomic E-state index is 14.0. The molecule has 0 amide bonds. The van der Waals surface area contributed by atoms with Gasteiger partial charge in [-0.2, -0.15) is 0 Å². The monoisotopic (exact) mass is 361 g/mol. The smallest absolute Gasteiger partial charge is 0.328 e. The van der Waals surface area contributed by atoms with Gasteiger partial charge in [-0.15, -0.1) is 0 Å². The third-order valence-electron chi connectivity index (χ3n) is 3.95. The van der Waals surface area contributed by atoms with Crippen LogP contribution in [-0.4, -0.2) is 46.7 Å². The number of aliphatic carboxylic acids is 2. The Balaban J connectivity index is 0.000000359. The molecule has 0 atom stereocenters. The first-order chi connectivity index (χ1) is 12.2. The van der Waals surface area contributed by atoms with Gasteiger partial charge in [-0.1, -0.05) is 30.3 Å². The van der Waals surface area contributed by atoms with Crippen molar-refractivity contribution in [2.24, 2.45) is 0 Å². The fourth-order valence-corrected chi connectivity index (χ4v) is 2.25. The number of halogens is 1. The summed E-state index contributed by atoms with van der Waals surface area (Å²) in [5.41, 5.74) is 0.834. The Bertz CT molecular complexity index is 770. The number of hydrogen-bond donors (Lipinski definition) is 2. The van der Waals surface area contributed by atoms with E-state index >= 15 is 0 Å². The number of likely N-dealkylation sites (N-methyl/N-ethyl adjacent to an activating group) is 1. The van der Waals surface area contributed by atoms with E-state index in [2.05, 4.69) is 25.8 Å². The van der Waals surface area contributed by atoms with Crippen molar-refractivity contribution in [3.8, 4) is 0 Å². The maximum atomic E-state index is 14.0. The Morgan fingerprint density at radius 3 is 2.19 bits per heavy atom. The standard InChI is InChI=1S/C16H20FN.C4H4O4/c1-12(2)18(3)11-10-15-14-7-5-4-6-13(14)8-9-16(15)17;5-3(6)1-2-4(7)8/h4-9,12H,10-11H2,1-3H3;1-2H,(H,5,6)(H,7,8)/b;2-1+. The molecule has 26 heavy (non-hydrogen) atoms. The lowest BCUT2D eigenvalue weighted by Gasteiger charge is -2.21. The summed E-state index contributed by atoms with van der Waals surface area (Å²) in [4.78, 5) is 21.3. The third-order valence-corrected chi connectivity index (χ3v) is 3.95. The van der Waals surface area contributed by atoms with Crippen LogP contribution in [0.4, 0.5) is 4.39 Å². The molecular weight excluding hydrogens is 337 g/mol. The van der Waals surface area contributed by atoms with Crippen molar-refractivity contribution >= 4 is 22.7 Å². The molecule has 0 saturated heterocycles. The molecule has 0 aliphatic heterocycles. The molecule has 2 N–H and O–H groups in total. The highest BCUT2D eigenvalue weighted by atomic mass is 19.1. The van der Waals surface area contributed by atoms with Gasteiger partial charge in [0.15, 0.2) is 0 Å². The molecule has 0 saturated carbocycles. The summed E-state index contributed by atoms with van der Waals surface area (Å²) in [6.45, 7) is 5.18. The van der Waals surface area contributed by atoms with E-state index in [1.54, 1.807) is 6.07 Å². The van der Waals surface area contributed by atoms with Gasteiger partial charge in [-0.05, 0) is 49.7 Å². The normalized spacial score (nSPS) is 11.0. The molecule has 2 rings (SSSR count). The van der Waals surface area contributed by atoms with Crippen LogP contribution in [0.25, 0.3) is 10.8 Å².